The fourth-order valence-corrected chi connectivity index (χ4v) is 3.35. The summed E-state index contributed by atoms with van der Waals surface area (Å²) in [6, 6.07) is 8.05. The topological polar surface area (TPSA) is 70.8 Å². The van der Waals surface area contributed by atoms with Crippen LogP contribution in [-0.2, 0) is 0 Å². The molecular weight excluding hydrogens is 344 g/mol. The fraction of sp³-hybridized carbons (Fsp3) is 0.158. The smallest absolute Gasteiger partial charge is 0.290 e. The molecule has 7 heteroatoms. The van der Waals surface area contributed by atoms with E-state index in [-0.39, 0.29) is 35.4 Å². The molecule has 132 valence electrons. The summed E-state index contributed by atoms with van der Waals surface area (Å²) < 4.78 is 32.9. The summed E-state index contributed by atoms with van der Waals surface area (Å²) in [7, 11) is 0. The second-order valence-electron chi connectivity index (χ2n) is 5.99. The van der Waals surface area contributed by atoms with Gasteiger partial charge in [-0.1, -0.05) is 12.1 Å². The number of amides is 1. The molecule has 1 N–H and O–H groups in total. The average molecular weight is 357 g/mol. The first-order valence-electron chi connectivity index (χ1n) is 7.95. The molecule has 1 unspecified atom stereocenters. The molecule has 1 amide bonds. The zero-order valence-corrected chi connectivity index (χ0v) is 13.4. The predicted octanol–water partition coefficient (Wildman–Crippen LogP) is 2.61. The lowest BCUT2D eigenvalue weighted by atomic mass is 9.98. The summed E-state index contributed by atoms with van der Waals surface area (Å²) in [5, 5.41) is 9.31. The van der Waals surface area contributed by atoms with E-state index < -0.39 is 29.0 Å². The molecule has 1 aromatic heterocycles. The van der Waals surface area contributed by atoms with Crippen molar-refractivity contribution in [3.05, 3.63) is 81.2 Å². The van der Waals surface area contributed by atoms with E-state index in [1.165, 1.54) is 29.2 Å². The summed E-state index contributed by atoms with van der Waals surface area (Å²) >= 11 is 0. The van der Waals surface area contributed by atoms with Gasteiger partial charge in [-0.05, 0) is 35.9 Å². The van der Waals surface area contributed by atoms with Crippen molar-refractivity contribution in [3.63, 3.8) is 0 Å². The molecule has 0 saturated heterocycles. The van der Waals surface area contributed by atoms with Crippen LogP contribution < -0.4 is 5.43 Å². The van der Waals surface area contributed by atoms with Crippen molar-refractivity contribution in [2.45, 2.75) is 6.04 Å². The van der Waals surface area contributed by atoms with Gasteiger partial charge in [-0.25, -0.2) is 8.78 Å². The van der Waals surface area contributed by atoms with Gasteiger partial charge in [0.25, 0.3) is 5.91 Å². The van der Waals surface area contributed by atoms with Gasteiger partial charge in [0.2, 0.25) is 5.76 Å². The minimum Gasteiger partial charge on any atom is -0.450 e. The monoisotopic (exact) mass is 357 g/mol. The molecule has 0 bridgehead atoms. The number of halogens is 2. The van der Waals surface area contributed by atoms with Gasteiger partial charge >= 0.3 is 0 Å². The van der Waals surface area contributed by atoms with Gasteiger partial charge in [-0.15, -0.1) is 0 Å². The van der Waals surface area contributed by atoms with Gasteiger partial charge in [0, 0.05) is 6.54 Å². The summed E-state index contributed by atoms with van der Waals surface area (Å²) in [6.07, 6.45) is 0. The van der Waals surface area contributed by atoms with Gasteiger partial charge in [-0.2, -0.15) is 0 Å². The van der Waals surface area contributed by atoms with E-state index in [0.717, 1.165) is 12.1 Å². The van der Waals surface area contributed by atoms with Gasteiger partial charge in [0.15, 0.2) is 5.43 Å². The largest absolute Gasteiger partial charge is 0.450 e. The Morgan fingerprint density at radius 1 is 1.08 bits per heavy atom. The zero-order valence-electron chi connectivity index (χ0n) is 13.4. The number of benzene rings is 2. The lowest BCUT2D eigenvalue weighted by Crippen LogP contribution is -2.32. The normalized spacial score (nSPS) is 16.3. The Labute approximate surface area is 146 Å². The van der Waals surface area contributed by atoms with Crippen molar-refractivity contribution < 1.29 is 23.1 Å². The van der Waals surface area contributed by atoms with E-state index in [0.29, 0.717) is 5.56 Å². The van der Waals surface area contributed by atoms with Crippen LogP contribution in [0.1, 0.15) is 27.7 Å². The maximum absolute atomic E-state index is 13.7. The molecule has 2 heterocycles. The van der Waals surface area contributed by atoms with Crippen LogP contribution in [-0.4, -0.2) is 29.1 Å². The molecule has 0 radical (unpaired) electrons. The number of carbonyl (C=O) groups excluding carboxylic acids is 1. The van der Waals surface area contributed by atoms with Crippen LogP contribution in [0.2, 0.25) is 0 Å². The summed E-state index contributed by atoms with van der Waals surface area (Å²) in [6.45, 7) is -0.401. The molecular formula is C19H13F2NO4. The molecule has 0 fully saturated rings. The van der Waals surface area contributed by atoms with Crippen LogP contribution in [0.5, 0.6) is 0 Å². The third kappa shape index (κ3) is 2.40. The number of hydrogen-bond donors (Lipinski definition) is 1. The maximum Gasteiger partial charge on any atom is 0.290 e. The van der Waals surface area contributed by atoms with E-state index in [9.17, 15) is 23.5 Å². The number of β-amino-alcohol motifs (C(OH)–C–C–N with tert-alkyl or cyclic N) is 1. The third-order valence-corrected chi connectivity index (χ3v) is 4.43. The molecule has 4 rings (SSSR count). The van der Waals surface area contributed by atoms with Gasteiger partial charge in [0.1, 0.15) is 17.2 Å². The number of fused-ring (bicyclic) bond motifs is 2. The number of carbonyl (C=O) groups is 1. The third-order valence-electron chi connectivity index (χ3n) is 4.43. The van der Waals surface area contributed by atoms with Crippen LogP contribution in [0.4, 0.5) is 8.78 Å². The second kappa shape index (κ2) is 6.03. The molecule has 0 saturated carbocycles. The van der Waals surface area contributed by atoms with Crippen molar-refractivity contribution in [3.8, 4) is 0 Å². The molecule has 0 aliphatic carbocycles. The van der Waals surface area contributed by atoms with Gasteiger partial charge in [-0.3, -0.25) is 9.59 Å². The van der Waals surface area contributed by atoms with Crippen LogP contribution in [0.3, 0.4) is 0 Å². The van der Waals surface area contributed by atoms with E-state index in [1.54, 1.807) is 6.07 Å². The highest BCUT2D eigenvalue weighted by molar-refractivity contribution is 5.99. The Bertz CT molecular complexity index is 1090. The predicted molar refractivity (Wildman–Crippen MR) is 88.8 cm³/mol. The molecule has 1 aliphatic rings. The molecule has 1 aliphatic heterocycles. The molecule has 3 aromatic rings. The SMILES string of the molecule is O=C1c2oc3ccc(F)cc3c(=O)c2C(c2cccc(F)c2)N1CCO. The highest BCUT2D eigenvalue weighted by Crippen LogP contribution is 2.38. The number of hydrogen-bond acceptors (Lipinski definition) is 4. The standard InChI is InChI=1S/C19H13F2NO4/c20-11-3-1-2-10(8-11)16-15-17(24)13-9-12(21)4-5-14(13)26-18(15)19(25)22(16)6-7-23/h1-5,8-9,16,23H,6-7H2. The summed E-state index contributed by atoms with van der Waals surface area (Å²) in [5.41, 5.74) is -0.0723. The Balaban J connectivity index is 2.03. The first-order chi connectivity index (χ1) is 12.5. The maximum atomic E-state index is 13.7. The number of aliphatic hydroxyl groups excluding tert-OH is 1. The molecule has 5 nitrogen and oxygen atoms in total. The summed E-state index contributed by atoms with van der Waals surface area (Å²) in [4.78, 5) is 27.0. The number of nitrogens with zero attached hydrogens (tertiary/aromatic N) is 1. The Hall–Kier alpha value is -3.06. The lowest BCUT2D eigenvalue weighted by Gasteiger charge is -2.24. The Morgan fingerprint density at radius 2 is 1.85 bits per heavy atom. The van der Waals surface area contributed by atoms with Crippen molar-refractivity contribution in [2.75, 3.05) is 13.2 Å². The highest BCUT2D eigenvalue weighted by atomic mass is 19.1. The van der Waals surface area contributed by atoms with Crippen LogP contribution in [0, 0.1) is 11.6 Å². The van der Waals surface area contributed by atoms with Crippen molar-refractivity contribution in [2.24, 2.45) is 0 Å². The molecule has 0 spiro atoms. The first-order valence-corrected chi connectivity index (χ1v) is 7.95. The van der Waals surface area contributed by atoms with Gasteiger partial charge in [0.05, 0.1) is 23.6 Å². The van der Waals surface area contributed by atoms with Crippen LogP contribution in [0.15, 0.2) is 51.7 Å². The average Bonchev–Trinajstić information content (AvgIpc) is 2.89. The lowest BCUT2D eigenvalue weighted by molar-refractivity contribution is 0.0691. The zero-order chi connectivity index (χ0) is 18.4. The second-order valence-corrected chi connectivity index (χ2v) is 5.99. The van der Waals surface area contributed by atoms with E-state index in [2.05, 4.69) is 0 Å². The highest BCUT2D eigenvalue weighted by Gasteiger charge is 2.42. The first kappa shape index (κ1) is 16.4. The number of aliphatic hydroxyl groups is 1. The number of rotatable bonds is 3. The Kier molecular flexibility index (Phi) is 3.81. The Morgan fingerprint density at radius 3 is 2.58 bits per heavy atom. The fourth-order valence-electron chi connectivity index (χ4n) is 3.35. The van der Waals surface area contributed by atoms with Crippen LogP contribution >= 0.6 is 0 Å². The quantitative estimate of drug-likeness (QED) is 0.782. The summed E-state index contributed by atoms with van der Waals surface area (Å²) in [5.74, 6) is -1.88. The van der Waals surface area contributed by atoms with E-state index >= 15 is 0 Å². The molecule has 2 aromatic carbocycles. The van der Waals surface area contributed by atoms with Crippen LogP contribution in [0.25, 0.3) is 11.0 Å². The van der Waals surface area contributed by atoms with Crippen molar-refractivity contribution >= 4 is 16.9 Å². The van der Waals surface area contributed by atoms with E-state index in [1.807, 2.05) is 0 Å². The van der Waals surface area contributed by atoms with Crippen molar-refractivity contribution in [1.29, 1.82) is 0 Å². The molecule has 1 atom stereocenters. The van der Waals surface area contributed by atoms with E-state index in [4.69, 9.17) is 4.42 Å². The minimum absolute atomic E-state index is 0.00352. The minimum atomic E-state index is -0.913. The van der Waals surface area contributed by atoms with Gasteiger partial charge < -0.3 is 14.4 Å². The van der Waals surface area contributed by atoms with Crippen molar-refractivity contribution in [1.82, 2.24) is 4.90 Å². The molecule has 26 heavy (non-hydrogen) atoms.